The van der Waals surface area contributed by atoms with E-state index in [1.807, 2.05) is 13.8 Å². The Bertz CT molecular complexity index is 585. The number of aryl methyl sites for hydroxylation is 2. The number of nitrogens with zero attached hydrogens (tertiary/aromatic N) is 3. The highest BCUT2D eigenvalue weighted by Gasteiger charge is 2.08. The molecule has 0 saturated heterocycles. The lowest BCUT2D eigenvalue weighted by molar-refractivity contribution is 0.829. The maximum atomic E-state index is 6.08. The molecule has 1 aromatic heterocycles. The molecule has 5 nitrogen and oxygen atoms in total. The zero-order valence-electron chi connectivity index (χ0n) is 10.9. The number of halogens is 1. The fourth-order valence-electron chi connectivity index (χ4n) is 1.75. The second kappa shape index (κ2) is 5.84. The Morgan fingerprint density at radius 1 is 1.16 bits per heavy atom. The summed E-state index contributed by atoms with van der Waals surface area (Å²) in [5.74, 6) is 0.432. The quantitative estimate of drug-likeness (QED) is 0.840. The molecule has 2 rings (SSSR count). The van der Waals surface area contributed by atoms with Crippen molar-refractivity contribution < 1.29 is 0 Å². The van der Waals surface area contributed by atoms with Crippen molar-refractivity contribution >= 4 is 28.9 Å². The number of nitrogens with two attached hydrogens (primary N) is 1. The summed E-state index contributed by atoms with van der Waals surface area (Å²) in [5.41, 5.74) is 8.90. The zero-order valence-corrected chi connectivity index (χ0v) is 11.7. The van der Waals surface area contributed by atoms with Crippen LogP contribution >= 0.6 is 11.6 Å². The molecule has 0 aliphatic carbocycles. The van der Waals surface area contributed by atoms with Gasteiger partial charge in [-0.3, -0.25) is 0 Å². The van der Waals surface area contributed by atoms with E-state index in [0.717, 1.165) is 24.2 Å². The third-order valence-corrected chi connectivity index (χ3v) is 3.08. The number of aromatic nitrogens is 3. The molecule has 3 N–H and O–H groups in total. The molecule has 0 bridgehead atoms. The lowest BCUT2D eigenvalue weighted by atomic mass is 10.2. The largest absolute Gasteiger partial charge is 0.399 e. The van der Waals surface area contributed by atoms with E-state index in [-0.39, 0.29) is 0 Å². The molecule has 0 fully saturated rings. The van der Waals surface area contributed by atoms with Crippen LogP contribution in [0.1, 0.15) is 25.2 Å². The Morgan fingerprint density at radius 3 is 2.58 bits per heavy atom. The van der Waals surface area contributed by atoms with Crippen molar-refractivity contribution in [1.82, 2.24) is 15.2 Å². The van der Waals surface area contributed by atoms with Gasteiger partial charge >= 0.3 is 0 Å². The highest BCUT2D eigenvalue weighted by Crippen LogP contribution is 2.26. The Hall–Kier alpha value is -1.88. The van der Waals surface area contributed by atoms with E-state index in [1.165, 1.54) is 0 Å². The molecular formula is C13H16ClN5. The summed E-state index contributed by atoms with van der Waals surface area (Å²) >= 11 is 6.08. The van der Waals surface area contributed by atoms with Crippen LogP contribution < -0.4 is 11.1 Å². The minimum absolute atomic E-state index is 0.432. The molecule has 1 aromatic carbocycles. The number of rotatable bonds is 4. The van der Waals surface area contributed by atoms with E-state index in [0.29, 0.717) is 22.3 Å². The standard InChI is InChI=1S/C13H16ClN5/c1-3-10-11(4-2)18-19-13(16-10)17-12-7-8(15)5-6-9(12)14/h5-7H,3-4,15H2,1-2H3,(H,16,17,19). The molecule has 19 heavy (non-hydrogen) atoms. The number of nitrogen functional groups attached to an aromatic ring is 1. The monoisotopic (exact) mass is 277 g/mol. The average Bonchev–Trinajstić information content (AvgIpc) is 2.42. The molecule has 0 atom stereocenters. The lowest BCUT2D eigenvalue weighted by Crippen LogP contribution is -2.07. The number of hydrogen-bond donors (Lipinski definition) is 2. The van der Waals surface area contributed by atoms with Gasteiger partial charge in [-0.2, -0.15) is 0 Å². The highest BCUT2D eigenvalue weighted by atomic mass is 35.5. The Morgan fingerprint density at radius 2 is 1.89 bits per heavy atom. The van der Waals surface area contributed by atoms with Crippen molar-refractivity contribution in [3.05, 3.63) is 34.6 Å². The highest BCUT2D eigenvalue weighted by molar-refractivity contribution is 6.33. The summed E-state index contributed by atoms with van der Waals surface area (Å²) in [5, 5.41) is 11.8. The van der Waals surface area contributed by atoms with Crippen molar-refractivity contribution in [2.24, 2.45) is 0 Å². The molecule has 1 heterocycles. The first kappa shape index (κ1) is 13.5. The van der Waals surface area contributed by atoms with Crippen LogP contribution in [0.2, 0.25) is 5.02 Å². The van der Waals surface area contributed by atoms with E-state index in [2.05, 4.69) is 20.5 Å². The number of benzene rings is 1. The third kappa shape index (κ3) is 3.12. The maximum Gasteiger partial charge on any atom is 0.247 e. The molecule has 6 heteroatoms. The SMILES string of the molecule is CCc1nnc(Nc2cc(N)ccc2Cl)nc1CC. The van der Waals surface area contributed by atoms with Gasteiger partial charge in [-0.15, -0.1) is 10.2 Å². The van der Waals surface area contributed by atoms with Crippen LogP contribution in [0.3, 0.4) is 0 Å². The molecule has 0 unspecified atom stereocenters. The van der Waals surface area contributed by atoms with Gasteiger partial charge in [-0.1, -0.05) is 25.4 Å². The molecule has 0 aliphatic rings. The Balaban J connectivity index is 2.30. The molecule has 0 amide bonds. The van der Waals surface area contributed by atoms with Gasteiger partial charge in [0.05, 0.1) is 22.1 Å². The van der Waals surface area contributed by atoms with E-state index in [9.17, 15) is 0 Å². The first-order chi connectivity index (χ1) is 9.13. The summed E-state index contributed by atoms with van der Waals surface area (Å²) in [7, 11) is 0. The lowest BCUT2D eigenvalue weighted by Gasteiger charge is -2.09. The second-order valence-corrected chi connectivity index (χ2v) is 4.51. The summed E-state index contributed by atoms with van der Waals surface area (Å²) in [6, 6.07) is 5.21. The number of hydrogen-bond acceptors (Lipinski definition) is 5. The van der Waals surface area contributed by atoms with Gasteiger partial charge < -0.3 is 11.1 Å². The minimum atomic E-state index is 0.432. The second-order valence-electron chi connectivity index (χ2n) is 4.10. The van der Waals surface area contributed by atoms with Crippen LogP contribution in [0, 0.1) is 0 Å². The predicted octanol–water partition coefficient (Wildman–Crippen LogP) is 2.98. The van der Waals surface area contributed by atoms with Crippen LogP contribution in [0.25, 0.3) is 0 Å². The van der Waals surface area contributed by atoms with Crippen molar-refractivity contribution in [1.29, 1.82) is 0 Å². The van der Waals surface area contributed by atoms with E-state index >= 15 is 0 Å². The topological polar surface area (TPSA) is 76.7 Å². The predicted molar refractivity (Wildman–Crippen MR) is 77.7 cm³/mol. The van der Waals surface area contributed by atoms with Crippen molar-refractivity contribution in [2.45, 2.75) is 26.7 Å². The van der Waals surface area contributed by atoms with Crippen LogP contribution in [0.4, 0.5) is 17.3 Å². The van der Waals surface area contributed by atoms with Crippen molar-refractivity contribution in [3.8, 4) is 0 Å². The fourth-order valence-corrected chi connectivity index (χ4v) is 1.91. The first-order valence-electron chi connectivity index (χ1n) is 6.18. The van der Waals surface area contributed by atoms with Gasteiger partial charge in [0.25, 0.3) is 0 Å². The van der Waals surface area contributed by atoms with E-state index in [1.54, 1.807) is 18.2 Å². The fraction of sp³-hybridized carbons (Fsp3) is 0.308. The maximum absolute atomic E-state index is 6.08. The normalized spacial score (nSPS) is 10.5. The van der Waals surface area contributed by atoms with Crippen molar-refractivity contribution in [3.63, 3.8) is 0 Å². The first-order valence-corrected chi connectivity index (χ1v) is 6.56. The van der Waals surface area contributed by atoms with E-state index < -0.39 is 0 Å². The Kier molecular flexibility index (Phi) is 4.16. The van der Waals surface area contributed by atoms with Crippen LogP contribution in [-0.2, 0) is 12.8 Å². The van der Waals surface area contributed by atoms with E-state index in [4.69, 9.17) is 17.3 Å². The van der Waals surface area contributed by atoms with Crippen LogP contribution in [0.5, 0.6) is 0 Å². The van der Waals surface area contributed by atoms with Gasteiger partial charge in [-0.25, -0.2) is 4.98 Å². The summed E-state index contributed by atoms with van der Waals surface area (Å²) in [6.07, 6.45) is 1.64. The third-order valence-electron chi connectivity index (χ3n) is 2.75. The van der Waals surface area contributed by atoms with Gasteiger partial charge in [0.1, 0.15) is 0 Å². The smallest absolute Gasteiger partial charge is 0.247 e. The molecule has 100 valence electrons. The van der Waals surface area contributed by atoms with Crippen LogP contribution in [-0.4, -0.2) is 15.2 Å². The summed E-state index contributed by atoms with van der Waals surface area (Å²) < 4.78 is 0. The van der Waals surface area contributed by atoms with Crippen LogP contribution in [0.15, 0.2) is 18.2 Å². The van der Waals surface area contributed by atoms with Gasteiger partial charge in [0.15, 0.2) is 0 Å². The molecule has 0 radical (unpaired) electrons. The molecule has 2 aromatic rings. The van der Waals surface area contributed by atoms with Crippen molar-refractivity contribution in [2.75, 3.05) is 11.1 Å². The summed E-state index contributed by atoms with van der Waals surface area (Å²) in [4.78, 5) is 4.44. The average molecular weight is 278 g/mol. The number of nitrogens with one attached hydrogen (secondary N) is 1. The zero-order chi connectivity index (χ0) is 13.8. The van der Waals surface area contributed by atoms with Gasteiger partial charge in [0, 0.05) is 5.69 Å². The van der Waals surface area contributed by atoms with Gasteiger partial charge in [-0.05, 0) is 31.0 Å². The Labute approximate surface area is 117 Å². The minimum Gasteiger partial charge on any atom is -0.399 e. The number of anilines is 3. The molecule has 0 saturated carbocycles. The van der Waals surface area contributed by atoms with Gasteiger partial charge in [0.2, 0.25) is 5.95 Å². The molecule has 0 spiro atoms. The molecule has 0 aliphatic heterocycles. The summed E-state index contributed by atoms with van der Waals surface area (Å²) in [6.45, 7) is 4.08. The molecular weight excluding hydrogens is 262 g/mol.